The lowest BCUT2D eigenvalue weighted by atomic mass is 9.97. The van der Waals surface area contributed by atoms with Crippen LogP contribution in [0.25, 0.3) is 0 Å². The molecule has 0 bridgehead atoms. The van der Waals surface area contributed by atoms with E-state index in [0.717, 1.165) is 10.2 Å². The van der Waals surface area contributed by atoms with Crippen LogP contribution in [0.5, 0.6) is 5.75 Å². The number of halogens is 1. The zero-order valence-electron chi connectivity index (χ0n) is 15.3. The van der Waals surface area contributed by atoms with E-state index in [1.54, 1.807) is 29.2 Å². The first-order chi connectivity index (χ1) is 13.5. The number of ether oxygens (including phenoxy) is 1. The van der Waals surface area contributed by atoms with Gasteiger partial charge in [-0.3, -0.25) is 4.79 Å². The standard InChI is InChI=1S/C20H21BrN2O4S/c21-16-7-9-17(10-8-16)28(25,26)22-11-3-4-15(14-22)20(24)23-12-13-27-19-6-2-1-5-18(19)23/h1-2,5-10,15H,3-4,11-14H2. The molecule has 2 aromatic carbocycles. The molecule has 1 saturated heterocycles. The molecule has 4 rings (SSSR count). The zero-order chi connectivity index (χ0) is 19.7. The number of fused-ring (bicyclic) bond motifs is 1. The molecule has 0 radical (unpaired) electrons. The molecule has 1 atom stereocenters. The molecular formula is C20H21BrN2O4S. The highest BCUT2D eigenvalue weighted by Crippen LogP contribution is 2.33. The predicted molar refractivity (Wildman–Crippen MR) is 110 cm³/mol. The molecule has 0 aromatic heterocycles. The van der Waals surface area contributed by atoms with Crippen molar-refractivity contribution in [2.75, 3.05) is 31.1 Å². The largest absolute Gasteiger partial charge is 0.490 e. The van der Waals surface area contributed by atoms with E-state index in [9.17, 15) is 13.2 Å². The first kappa shape index (κ1) is 19.4. The van der Waals surface area contributed by atoms with Crippen LogP contribution in [0, 0.1) is 5.92 Å². The van der Waals surface area contributed by atoms with E-state index in [4.69, 9.17) is 4.74 Å². The van der Waals surface area contributed by atoms with Gasteiger partial charge >= 0.3 is 0 Å². The molecule has 148 valence electrons. The molecular weight excluding hydrogens is 444 g/mol. The maximum absolute atomic E-state index is 13.2. The highest BCUT2D eigenvalue weighted by molar-refractivity contribution is 9.10. The Morgan fingerprint density at radius 3 is 2.61 bits per heavy atom. The average Bonchev–Trinajstić information content (AvgIpc) is 2.73. The van der Waals surface area contributed by atoms with Crippen molar-refractivity contribution in [1.29, 1.82) is 0 Å². The van der Waals surface area contributed by atoms with Crippen molar-refractivity contribution in [3.63, 3.8) is 0 Å². The number of nitrogens with zero attached hydrogens (tertiary/aromatic N) is 2. The number of amides is 1. The Morgan fingerprint density at radius 1 is 1.07 bits per heavy atom. The third kappa shape index (κ3) is 3.68. The number of hydrogen-bond acceptors (Lipinski definition) is 4. The number of carbonyl (C=O) groups excluding carboxylic acids is 1. The monoisotopic (exact) mass is 464 g/mol. The highest BCUT2D eigenvalue weighted by atomic mass is 79.9. The van der Waals surface area contributed by atoms with Gasteiger partial charge in [-0.25, -0.2) is 8.42 Å². The third-order valence-corrected chi connectivity index (χ3v) is 7.59. The molecule has 0 N–H and O–H groups in total. The average molecular weight is 465 g/mol. The molecule has 1 fully saturated rings. The molecule has 6 nitrogen and oxygen atoms in total. The van der Waals surface area contributed by atoms with Gasteiger partial charge in [0, 0.05) is 17.6 Å². The first-order valence-corrected chi connectivity index (χ1v) is 11.5. The van der Waals surface area contributed by atoms with E-state index in [0.29, 0.717) is 38.3 Å². The molecule has 2 aliphatic heterocycles. The summed E-state index contributed by atoms with van der Waals surface area (Å²) < 4.78 is 33.9. The minimum absolute atomic E-state index is 0.0357. The van der Waals surface area contributed by atoms with E-state index >= 15 is 0 Å². The summed E-state index contributed by atoms with van der Waals surface area (Å²) in [6, 6.07) is 14.1. The SMILES string of the molecule is O=C(C1CCCN(S(=O)(=O)c2ccc(Br)cc2)C1)N1CCOc2ccccc21. The fourth-order valence-corrected chi connectivity index (χ4v) is 5.52. The molecule has 2 heterocycles. The van der Waals surface area contributed by atoms with E-state index in [2.05, 4.69) is 15.9 Å². The number of benzene rings is 2. The molecule has 8 heteroatoms. The second-order valence-corrected chi connectivity index (χ2v) is 9.82. The lowest BCUT2D eigenvalue weighted by Gasteiger charge is -2.36. The Balaban J connectivity index is 1.54. The van der Waals surface area contributed by atoms with Crippen LogP contribution in [0.3, 0.4) is 0 Å². The van der Waals surface area contributed by atoms with E-state index in [1.807, 2.05) is 24.3 Å². The molecule has 1 unspecified atom stereocenters. The number of rotatable bonds is 3. The minimum Gasteiger partial charge on any atom is -0.490 e. The van der Waals surface area contributed by atoms with Crippen LogP contribution >= 0.6 is 15.9 Å². The van der Waals surface area contributed by atoms with Crippen molar-refractivity contribution in [2.45, 2.75) is 17.7 Å². The molecule has 2 aliphatic rings. The molecule has 1 amide bonds. The Morgan fingerprint density at radius 2 is 1.82 bits per heavy atom. The summed E-state index contributed by atoms with van der Waals surface area (Å²) in [4.78, 5) is 15.2. The Hall–Kier alpha value is -1.90. The van der Waals surface area contributed by atoms with Crippen molar-refractivity contribution in [2.24, 2.45) is 5.92 Å². The topological polar surface area (TPSA) is 66.9 Å². The second-order valence-electron chi connectivity index (χ2n) is 6.96. The van der Waals surface area contributed by atoms with Crippen LogP contribution in [0.15, 0.2) is 57.9 Å². The lowest BCUT2D eigenvalue weighted by Crippen LogP contribution is -2.48. The normalized spacial score (nSPS) is 20.3. The van der Waals surface area contributed by atoms with Crippen molar-refractivity contribution in [1.82, 2.24) is 4.31 Å². The minimum atomic E-state index is -3.62. The predicted octanol–water partition coefficient (Wildman–Crippen LogP) is 3.28. The fourth-order valence-electron chi connectivity index (χ4n) is 3.74. The van der Waals surface area contributed by atoms with Gasteiger partial charge in [0.05, 0.1) is 23.0 Å². The van der Waals surface area contributed by atoms with Gasteiger partial charge in [-0.05, 0) is 49.2 Å². The van der Waals surface area contributed by atoms with Crippen LogP contribution in [-0.2, 0) is 14.8 Å². The third-order valence-electron chi connectivity index (χ3n) is 5.18. The van der Waals surface area contributed by atoms with Gasteiger partial charge < -0.3 is 9.64 Å². The number of hydrogen-bond donors (Lipinski definition) is 0. The number of anilines is 1. The van der Waals surface area contributed by atoms with Gasteiger partial charge in [-0.2, -0.15) is 4.31 Å². The Kier molecular flexibility index (Phi) is 5.44. The van der Waals surface area contributed by atoms with Crippen LogP contribution in [0.2, 0.25) is 0 Å². The van der Waals surface area contributed by atoms with Crippen molar-refractivity contribution < 1.29 is 17.9 Å². The maximum Gasteiger partial charge on any atom is 0.243 e. The lowest BCUT2D eigenvalue weighted by molar-refractivity contribution is -0.123. The number of para-hydroxylation sites is 2. The van der Waals surface area contributed by atoms with E-state index < -0.39 is 10.0 Å². The van der Waals surface area contributed by atoms with Crippen LogP contribution < -0.4 is 9.64 Å². The fraction of sp³-hybridized carbons (Fsp3) is 0.350. The summed E-state index contributed by atoms with van der Waals surface area (Å²) in [6.45, 7) is 1.56. The quantitative estimate of drug-likeness (QED) is 0.698. The molecule has 0 saturated carbocycles. The van der Waals surface area contributed by atoms with Crippen molar-refractivity contribution in [3.8, 4) is 5.75 Å². The zero-order valence-corrected chi connectivity index (χ0v) is 17.7. The summed E-state index contributed by atoms with van der Waals surface area (Å²) in [6.07, 6.45) is 1.35. The number of piperidine rings is 1. The van der Waals surface area contributed by atoms with Crippen LogP contribution in [-0.4, -0.2) is 44.9 Å². The number of carbonyl (C=O) groups is 1. The second kappa shape index (κ2) is 7.85. The van der Waals surface area contributed by atoms with E-state index in [-0.39, 0.29) is 23.3 Å². The summed E-state index contributed by atoms with van der Waals surface area (Å²) in [7, 11) is -3.62. The van der Waals surface area contributed by atoms with Gasteiger partial charge in [0.2, 0.25) is 15.9 Å². The summed E-state index contributed by atoms with van der Waals surface area (Å²) in [5.74, 6) is 0.300. The highest BCUT2D eigenvalue weighted by Gasteiger charge is 2.36. The summed E-state index contributed by atoms with van der Waals surface area (Å²) in [5.41, 5.74) is 0.756. The molecule has 0 spiro atoms. The Labute approximate surface area is 173 Å². The first-order valence-electron chi connectivity index (χ1n) is 9.26. The number of sulfonamides is 1. The molecule has 0 aliphatic carbocycles. The van der Waals surface area contributed by atoms with Crippen LogP contribution in [0.4, 0.5) is 5.69 Å². The Bertz CT molecular complexity index is 978. The molecule has 2 aromatic rings. The van der Waals surface area contributed by atoms with Crippen molar-refractivity contribution >= 4 is 37.5 Å². The smallest absolute Gasteiger partial charge is 0.243 e. The summed E-state index contributed by atoms with van der Waals surface area (Å²) >= 11 is 3.33. The van der Waals surface area contributed by atoms with Gasteiger partial charge in [0.25, 0.3) is 0 Å². The maximum atomic E-state index is 13.2. The summed E-state index contributed by atoms with van der Waals surface area (Å²) in [5, 5.41) is 0. The molecule has 28 heavy (non-hydrogen) atoms. The van der Waals surface area contributed by atoms with Gasteiger partial charge in [-0.1, -0.05) is 28.1 Å². The van der Waals surface area contributed by atoms with Crippen molar-refractivity contribution in [3.05, 3.63) is 53.0 Å². The van der Waals surface area contributed by atoms with Gasteiger partial charge in [-0.15, -0.1) is 0 Å². The van der Waals surface area contributed by atoms with E-state index in [1.165, 1.54) is 4.31 Å². The van der Waals surface area contributed by atoms with Gasteiger partial charge in [0.1, 0.15) is 12.4 Å². The van der Waals surface area contributed by atoms with Gasteiger partial charge in [0.15, 0.2) is 0 Å². The van der Waals surface area contributed by atoms with Crippen LogP contribution in [0.1, 0.15) is 12.8 Å².